The molecule has 100 valence electrons. The fraction of sp³-hybridized carbons (Fsp3) is 0.462. The van der Waals surface area contributed by atoms with E-state index in [0.717, 1.165) is 0 Å². The first kappa shape index (κ1) is 14.3. The van der Waals surface area contributed by atoms with E-state index in [4.69, 9.17) is 15.6 Å². The van der Waals surface area contributed by atoms with Crippen LogP contribution in [-0.4, -0.2) is 42.2 Å². The predicted molar refractivity (Wildman–Crippen MR) is 70.7 cm³/mol. The van der Waals surface area contributed by atoms with Crippen LogP contribution in [0, 0.1) is 0 Å². The second kappa shape index (κ2) is 6.26. The Morgan fingerprint density at radius 3 is 2.67 bits per heavy atom. The van der Waals surface area contributed by atoms with Gasteiger partial charge in [-0.3, -0.25) is 4.79 Å². The second-order valence-electron chi connectivity index (χ2n) is 4.28. The van der Waals surface area contributed by atoms with Gasteiger partial charge in [0.15, 0.2) is 0 Å². The van der Waals surface area contributed by atoms with Gasteiger partial charge < -0.3 is 20.5 Å². The number of aliphatic hydroxyl groups is 1. The van der Waals surface area contributed by atoms with Gasteiger partial charge in [-0.05, 0) is 32.0 Å². The van der Waals surface area contributed by atoms with E-state index in [9.17, 15) is 4.79 Å². The number of amides is 1. The van der Waals surface area contributed by atoms with Gasteiger partial charge in [0.2, 0.25) is 0 Å². The molecule has 1 aromatic carbocycles. The molecule has 1 rings (SSSR count). The fourth-order valence-corrected chi connectivity index (χ4v) is 1.75. The largest absolute Gasteiger partial charge is 0.496 e. The molecule has 0 atom stereocenters. The maximum absolute atomic E-state index is 12.4. The third-order valence-electron chi connectivity index (χ3n) is 2.68. The van der Waals surface area contributed by atoms with E-state index in [2.05, 4.69) is 0 Å². The monoisotopic (exact) mass is 252 g/mol. The number of methoxy groups -OCH3 is 1. The Morgan fingerprint density at radius 2 is 2.17 bits per heavy atom. The standard InChI is InChI=1S/C13H20N2O3/c1-9(2)15(6-7-16)13(17)11-8-10(14)4-5-12(11)18-3/h4-5,8-9,16H,6-7,14H2,1-3H3. The summed E-state index contributed by atoms with van der Waals surface area (Å²) in [6.07, 6.45) is 0. The van der Waals surface area contributed by atoms with E-state index in [0.29, 0.717) is 17.0 Å². The van der Waals surface area contributed by atoms with E-state index < -0.39 is 0 Å². The van der Waals surface area contributed by atoms with Gasteiger partial charge in [-0.25, -0.2) is 0 Å². The number of carbonyl (C=O) groups is 1. The molecule has 18 heavy (non-hydrogen) atoms. The van der Waals surface area contributed by atoms with Crippen molar-refractivity contribution in [1.82, 2.24) is 4.90 Å². The van der Waals surface area contributed by atoms with Crippen LogP contribution in [0.25, 0.3) is 0 Å². The smallest absolute Gasteiger partial charge is 0.258 e. The Bertz CT molecular complexity index is 419. The molecule has 0 aromatic heterocycles. The van der Waals surface area contributed by atoms with E-state index >= 15 is 0 Å². The first-order valence-electron chi connectivity index (χ1n) is 5.86. The van der Waals surface area contributed by atoms with Crippen molar-refractivity contribution in [3.05, 3.63) is 23.8 Å². The zero-order valence-corrected chi connectivity index (χ0v) is 11.0. The van der Waals surface area contributed by atoms with Gasteiger partial charge >= 0.3 is 0 Å². The van der Waals surface area contributed by atoms with E-state index in [1.54, 1.807) is 23.1 Å². The highest BCUT2D eigenvalue weighted by atomic mass is 16.5. The molecular weight excluding hydrogens is 232 g/mol. The van der Waals surface area contributed by atoms with Crippen molar-refractivity contribution in [2.75, 3.05) is 26.0 Å². The van der Waals surface area contributed by atoms with Crippen LogP contribution in [0.3, 0.4) is 0 Å². The summed E-state index contributed by atoms with van der Waals surface area (Å²) in [5, 5.41) is 9.01. The molecule has 0 aliphatic heterocycles. The SMILES string of the molecule is COc1ccc(N)cc1C(=O)N(CCO)C(C)C. The van der Waals surface area contributed by atoms with Crippen molar-refractivity contribution in [1.29, 1.82) is 0 Å². The normalized spacial score (nSPS) is 10.5. The van der Waals surface area contributed by atoms with E-state index in [-0.39, 0.29) is 25.1 Å². The van der Waals surface area contributed by atoms with Crippen LogP contribution in [0.15, 0.2) is 18.2 Å². The van der Waals surface area contributed by atoms with Crippen molar-refractivity contribution in [3.8, 4) is 5.75 Å². The summed E-state index contributed by atoms with van der Waals surface area (Å²) < 4.78 is 5.16. The number of benzene rings is 1. The quantitative estimate of drug-likeness (QED) is 0.770. The van der Waals surface area contributed by atoms with Crippen LogP contribution in [0.4, 0.5) is 5.69 Å². The van der Waals surface area contributed by atoms with Crippen LogP contribution in [-0.2, 0) is 0 Å². The number of rotatable bonds is 5. The third kappa shape index (κ3) is 3.13. The average Bonchev–Trinajstić information content (AvgIpc) is 2.34. The Hall–Kier alpha value is -1.75. The second-order valence-corrected chi connectivity index (χ2v) is 4.28. The summed E-state index contributed by atoms with van der Waals surface area (Å²) in [4.78, 5) is 14.0. The number of nitrogen functional groups attached to an aromatic ring is 1. The topological polar surface area (TPSA) is 75.8 Å². The van der Waals surface area contributed by atoms with Crippen LogP contribution in [0.1, 0.15) is 24.2 Å². The molecule has 0 unspecified atom stereocenters. The van der Waals surface area contributed by atoms with Crippen LogP contribution >= 0.6 is 0 Å². The number of hydrogen-bond acceptors (Lipinski definition) is 4. The van der Waals surface area contributed by atoms with Gasteiger partial charge in [0.25, 0.3) is 5.91 Å². The summed E-state index contributed by atoms with van der Waals surface area (Å²) in [6, 6.07) is 4.94. The maximum atomic E-state index is 12.4. The van der Waals surface area contributed by atoms with Crippen LogP contribution in [0.5, 0.6) is 5.75 Å². The number of carbonyl (C=O) groups excluding carboxylic acids is 1. The maximum Gasteiger partial charge on any atom is 0.258 e. The van der Waals surface area contributed by atoms with Crippen molar-refractivity contribution >= 4 is 11.6 Å². The van der Waals surface area contributed by atoms with Gasteiger partial charge in [0.05, 0.1) is 19.3 Å². The van der Waals surface area contributed by atoms with Crippen molar-refractivity contribution in [3.63, 3.8) is 0 Å². The molecule has 0 bridgehead atoms. The molecule has 0 radical (unpaired) electrons. The molecule has 1 aromatic rings. The Morgan fingerprint density at radius 1 is 1.50 bits per heavy atom. The number of nitrogens with zero attached hydrogens (tertiary/aromatic N) is 1. The fourth-order valence-electron chi connectivity index (χ4n) is 1.75. The summed E-state index contributed by atoms with van der Waals surface area (Å²) >= 11 is 0. The summed E-state index contributed by atoms with van der Waals surface area (Å²) in [6.45, 7) is 4.00. The highest BCUT2D eigenvalue weighted by molar-refractivity contribution is 5.98. The average molecular weight is 252 g/mol. The summed E-state index contributed by atoms with van der Waals surface area (Å²) in [5.74, 6) is 0.293. The van der Waals surface area contributed by atoms with Crippen molar-refractivity contribution < 1.29 is 14.6 Å². The lowest BCUT2D eigenvalue weighted by atomic mass is 10.1. The number of aliphatic hydroxyl groups excluding tert-OH is 1. The van der Waals surface area contributed by atoms with Crippen molar-refractivity contribution in [2.45, 2.75) is 19.9 Å². The minimum Gasteiger partial charge on any atom is -0.496 e. The van der Waals surface area contributed by atoms with Gasteiger partial charge in [0, 0.05) is 18.3 Å². The van der Waals surface area contributed by atoms with Crippen LogP contribution in [0.2, 0.25) is 0 Å². The van der Waals surface area contributed by atoms with E-state index in [1.165, 1.54) is 7.11 Å². The zero-order chi connectivity index (χ0) is 13.7. The van der Waals surface area contributed by atoms with E-state index in [1.807, 2.05) is 13.8 Å². The predicted octanol–water partition coefficient (Wildman–Crippen LogP) is 1.12. The lowest BCUT2D eigenvalue weighted by Gasteiger charge is -2.26. The Kier molecular flexibility index (Phi) is 4.97. The number of anilines is 1. The molecule has 0 aliphatic rings. The Labute approximate surface area is 107 Å². The summed E-state index contributed by atoms with van der Waals surface area (Å²) in [7, 11) is 1.51. The minimum absolute atomic E-state index is 0.00390. The van der Waals surface area contributed by atoms with Gasteiger partial charge in [-0.1, -0.05) is 0 Å². The molecule has 0 aliphatic carbocycles. The molecule has 1 amide bonds. The number of ether oxygens (including phenoxy) is 1. The number of nitrogens with two attached hydrogens (primary N) is 1. The highest BCUT2D eigenvalue weighted by Gasteiger charge is 2.21. The van der Waals surface area contributed by atoms with Gasteiger partial charge in [0.1, 0.15) is 5.75 Å². The number of hydrogen-bond donors (Lipinski definition) is 2. The minimum atomic E-state index is -0.191. The molecule has 0 heterocycles. The molecule has 0 fully saturated rings. The first-order chi connectivity index (χ1) is 8.51. The van der Waals surface area contributed by atoms with Gasteiger partial charge in [-0.15, -0.1) is 0 Å². The molecule has 0 saturated carbocycles. The summed E-state index contributed by atoms with van der Waals surface area (Å²) in [5.41, 5.74) is 6.62. The molecule has 5 nitrogen and oxygen atoms in total. The molecule has 0 saturated heterocycles. The molecule has 0 spiro atoms. The van der Waals surface area contributed by atoms with Gasteiger partial charge in [-0.2, -0.15) is 0 Å². The molecule has 5 heteroatoms. The lowest BCUT2D eigenvalue weighted by molar-refractivity contribution is 0.0662. The Balaban J connectivity index is 3.11. The molecular formula is C13H20N2O3. The third-order valence-corrected chi connectivity index (χ3v) is 2.68. The first-order valence-corrected chi connectivity index (χ1v) is 5.86. The lowest BCUT2D eigenvalue weighted by Crippen LogP contribution is -2.39. The highest BCUT2D eigenvalue weighted by Crippen LogP contribution is 2.23. The zero-order valence-electron chi connectivity index (χ0n) is 11.0. The molecule has 3 N–H and O–H groups in total. The van der Waals surface area contributed by atoms with Crippen molar-refractivity contribution in [2.24, 2.45) is 0 Å². The van der Waals surface area contributed by atoms with Crippen LogP contribution < -0.4 is 10.5 Å².